The van der Waals surface area contributed by atoms with Crippen molar-refractivity contribution in [2.45, 2.75) is 24.1 Å². The third-order valence-electron chi connectivity index (χ3n) is 2.79. The van der Waals surface area contributed by atoms with E-state index in [1.54, 1.807) is 16.4 Å². The molecule has 0 saturated heterocycles. The fraction of sp³-hybridized carbons (Fsp3) is 0.308. The largest absolute Gasteiger partial charge is 0.326 e. The third kappa shape index (κ3) is 2.88. The summed E-state index contributed by atoms with van der Waals surface area (Å²) in [6, 6.07) is 8.27. The first kappa shape index (κ1) is 13.5. The predicted molar refractivity (Wildman–Crippen MR) is 76.8 cm³/mol. The molecule has 0 bridgehead atoms. The molecule has 1 aromatic carbocycles. The van der Waals surface area contributed by atoms with Crippen molar-refractivity contribution >= 4 is 23.4 Å². The van der Waals surface area contributed by atoms with E-state index < -0.39 is 0 Å². The zero-order valence-electron chi connectivity index (χ0n) is 10.5. The van der Waals surface area contributed by atoms with Gasteiger partial charge in [-0.15, -0.1) is 11.8 Å². The molecule has 0 saturated carbocycles. The lowest BCUT2D eigenvalue weighted by atomic mass is 10.2. The highest BCUT2D eigenvalue weighted by Crippen LogP contribution is 2.28. The number of benzene rings is 1. The second-order valence-electron chi connectivity index (χ2n) is 4.12. The average molecular weight is 282 g/mol. The van der Waals surface area contributed by atoms with Gasteiger partial charge in [-0.3, -0.25) is 4.68 Å². The molecule has 1 heterocycles. The van der Waals surface area contributed by atoms with Crippen LogP contribution in [0.15, 0.2) is 29.2 Å². The van der Waals surface area contributed by atoms with Crippen molar-refractivity contribution in [3.8, 4) is 0 Å². The summed E-state index contributed by atoms with van der Waals surface area (Å²) in [4.78, 5) is 1.21. The van der Waals surface area contributed by atoms with Crippen molar-refractivity contribution in [2.24, 2.45) is 12.8 Å². The van der Waals surface area contributed by atoms with Gasteiger partial charge in [0.15, 0.2) is 0 Å². The maximum atomic E-state index is 6.21. The van der Waals surface area contributed by atoms with Crippen LogP contribution in [-0.4, -0.2) is 9.78 Å². The summed E-state index contributed by atoms with van der Waals surface area (Å²) in [5, 5.41) is 5.03. The number of aryl methyl sites for hydroxylation is 2. The Morgan fingerprint density at radius 1 is 1.44 bits per heavy atom. The van der Waals surface area contributed by atoms with Crippen LogP contribution in [0.5, 0.6) is 0 Å². The molecule has 0 fully saturated rings. The summed E-state index contributed by atoms with van der Waals surface area (Å²) in [5.41, 5.74) is 8.87. The highest BCUT2D eigenvalue weighted by molar-refractivity contribution is 7.98. The van der Waals surface area contributed by atoms with E-state index in [1.165, 1.54) is 4.90 Å². The Hall–Kier alpha value is -0.970. The van der Waals surface area contributed by atoms with Gasteiger partial charge in [-0.1, -0.05) is 23.7 Å². The van der Waals surface area contributed by atoms with Crippen LogP contribution in [0.1, 0.15) is 16.8 Å². The van der Waals surface area contributed by atoms with E-state index in [-0.39, 0.29) is 0 Å². The summed E-state index contributed by atoms with van der Waals surface area (Å²) in [6.45, 7) is 2.55. The minimum absolute atomic E-state index is 0.571. The Balaban J connectivity index is 2.11. The monoisotopic (exact) mass is 281 g/mol. The van der Waals surface area contributed by atoms with Crippen LogP contribution in [0, 0.1) is 6.92 Å². The van der Waals surface area contributed by atoms with Gasteiger partial charge in [0.05, 0.1) is 5.69 Å². The van der Waals surface area contributed by atoms with Crippen LogP contribution < -0.4 is 5.73 Å². The number of rotatable bonds is 4. The molecule has 0 aliphatic rings. The van der Waals surface area contributed by atoms with E-state index in [2.05, 4.69) is 17.2 Å². The zero-order valence-corrected chi connectivity index (χ0v) is 12.1. The van der Waals surface area contributed by atoms with Gasteiger partial charge >= 0.3 is 0 Å². The quantitative estimate of drug-likeness (QED) is 0.876. The van der Waals surface area contributed by atoms with Crippen molar-refractivity contribution in [3.63, 3.8) is 0 Å². The first-order valence-electron chi connectivity index (χ1n) is 5.71. The van der Waals surface area contributed by atoms with Gasteiger partial charge in [0.1, 0.15) is 5.15 Å². The summed E-state index contributed by atoms with van der Waals surface area (Å²) >= 11 is 7.96. The molecule has 3 nitrogen and oxygen atoms in total. The van der Waals surface area contributed by atoms with Crippen LogP contribution in [0.4, 0.5) is 0 Å². The fourth-order valence-electron chi connectivity index (χ4n) is 1.76. The minimum Gasteiger partial charge on any atom is -0.326 e. The van der Waals surface area contributed by atoms with Gasteiger partial charge in [-0.2, -0.15) is 5.10 Å². The number of hydrogen-bond acceptors (Lipinski definition) is 3. The fourth-order valence-corrected chi connectivity index (χ4v) is 3.14. The first-order valence-corrected chi connectivity index (χ1v) is 7.08. The van der Waals surface area contributed by atoms with Crippen LogP contribution in [0.25, 0.3) is 0 Å². The van der Waals surface area contributed by atoms with Gasteiger partial charge in [-0.05, 0) is 24.6 Å². The van der Waals surface area contributed by atoms with Gasteiger partial charge < -0.3 is 5.73 Å². The number of halogens is 1. The zero-order chi connectivity index (χ0) is 13.1. The second kappa shape index (κ2) is 5.78. The van der Waals surface area contributed by atoms with Crippen LogP contribution >= 0.6 is 23.4 Å². The smallest absolute Gasteiger partial charge is 0.131 e. The van der Waals surface area contributed by atoms with E-state index in [1.807, 2.05) is 26.1 Å². The molecule has 5 heteroatoms. The molecule has 1 aromatic heterocycles. The van der Waals surface area contributed by atoms with Gasteiger partial charge in [0.2, 0.25) is 0 Å². The maximum Gasteiger partial charge on any atom is 0.131 e. The molecule has 96 valence electrons. The standard InChI is InChI=1S/C13H16ClN3S/c1-9-12(13(14)17(2)16-9)8-18-11-5-3-4-10(6-11)7-15/h3-6H,7-8,15H2,1-2H3. The Bertz CT molecular complexity index is 551. The van der Waals surface area contributed by atoms with Gasteiger partial charge in [0.25, 0.3) is 0 Å². The van der Waals surface area contributed by atoms with E-state index >= 15 is 0 Å². The SMILES string of the molecule is Cc1nn(C)c(Cl)c1CSc1cccc(CN)c1. The lowest BCUT2D eigenvalue weighted by Crippen LogP contribution is -1.95. The molecule has 18 heavy (non-hydrogen) atoms. The highest BCUT2D eigenvalue weighted by Gasteiger charge is 2.11. The second-order valence-corrected chi connectivity index (χ2v) is 5.53. The Morgan fingerprint density at radius 2 is 2.22 bits per heavy atom. The van der Waals surface area contributed by atoms with Crippen molar-refractivity contribution in [1.82, 2.24) is 9.78 Å². The Labute approximate surface area is 116 Å². The van der Waals surface area contributed by atoms with Crippen molar-refractivity contribution in [1.29, 1.82) is 0 Å². The summed E-state index contributed by atoms with van der Waals surface area (Å²) in [5.74, 6) is 0.826. The summed E-state index contributed by atoms with van der Waals surface area (Å²) in [7, 11) is 1.86. The normalized spacial score (nSPS) is 10.9. The molecule has 0 amide bonds. The van der Waals surface area contributed by atoms with Crippen molar-refractivity contribution < 1.29 is 0 Å². The molecule has 0 radical (unpaired) electrons. The van der Waals surface area contributed by atoms with E-state index in [4.69, 9.17) is 17.3 Å². The van der Waals surface area contributed by atoms with Crippen LogP contribution in [0.2, 0.25) is 5.15 Å². The highest BCUT2D eigenvalue weighted by atomic mass is 35.5. The molecule has 0 atom stereocenters. The molecule has 0 aliphatic carbocycles. The molecular formula is C13H16ClN3S. The van der Waals surface area contributed by atoms with E-state index in [9.17, 15) is 0 Å². The van der Waals surface area contributed by atoms with Crippen LogP contribution in [0.3, 0.4) is 0 Å². The molecule has 0 aliphatic heterocycles. The predicted octanol–water partition coefficient (Wildman–Crippen LogP) is 3.13. The molecule has 2 N–H and O–H groups in total. The average Bonchev–Trinajstić information content (AvgIpc) is 2.61. The molecule has 2 rings (SSSR count). The van der Waals surface area contributed by atoms with E-state index in [0.717, 1.165) is 27.7 Å². The molecule has 0 spiro atoms. The lowest BCUT2D eigenvalue weighted by Gasteiger charge is -2.04. The van der Waals surface area contributed by atoms with Crippen molar-refractivity contribution in [2.75, 3.05) is 0 Å². The summed E-state index contributed by atoms with van der Waals surface area (Å²) < 4.78 is 1.71. The topological polar surface area (TPSA) is 43.8 Å². The maximum absolute atomic E-state index is 6.21. The Morgan fingerprint density at radius 3 is 2.83 bits per heavy atom. The number of aromatic nitrogens is 2. The van der Waals surface area contributed by atoms with E-state index in [0.29, 0.717) is 6.54 Å². The first-order chi connectivity index (χ1) is 8.61. The number of nitrogens with zero attached hydrogens (tertiary/aromatic N) is 2. The molecule has 2 aromatic rings. The number of nitrogens with two attached hydrogens (primary N) is 1. The molecule has 0 unspecified atom stereocenters. The number of thioether (sulfide) groups is 1. The minimum atomic E-state index is 0.571. The third-order valence-corrected chi connectivity index (χ3v) is 4.28. The van der Waals surface area contributed by atoms with Gasteiger partial charge in [0, 0.05) is 29.8 Å². The molecular weight excluding hydrogens is 266 g/mol. The lowest BCUT2D eigenvalue weighted by molar-refractivity contribution is 0.757. The Kier molecular flexibility index (Phi) is 4.32. The summed E-state index contributed by atoms with van der Waals surface area (Å²) in [6.07, 6.45) is 0. The number of hydrogen-bond donors (Lipinski definition) is 1. The van der Waals surface area contributed by atoms with Crippen molar-refractivity contribution in [3.05, 3.63) is 46.2 Å². The van der Waals surface area contributed by atoms with Crippen LogP contribution in [-0.2, 0) is 19.3 Å². The van der Waals surface area contributed by atoms with Gasteiger partial charge in [-0.25, -0.2) is 0 Å².